The zero-order chi connectivity index (χ0) is 9.80. The van der Waals surface area contributed by atoms with Gasteiger partial charge in [0.05, 0.1) is 18.6 Å². The van der Waals surface area contributed by atoms with E-state index in [9.17, 15) is 0 Å². The van der Waals surface area contributed by atoms with Crippen LogP contribution in [0.2, 0.25) is 0 Å². The lowest BCUT2D eigenvalue weighted by molar-refractivity contribution is 0.100. The Morgan fingerprint density at radius 2 is 2.14 bits per heavy atom. The highest BCUT2D eigenvalue weighted by molar-refractivity contribution is 9.10. The van der Waals surface area contributed by atoms with Crippen LogP contribution in [0.3, 0.4) is 0 Å². The first-order valence-corrected chi connectivity index (χ1v) is 6.25. The van der Waals surface area contributed by atoms with Crippen LogP contribution >= 0.6 is 27.7 Å². The lowest BCUT2D eigenvalue weighted by atomic mass is 10.4. The van der Waals surface area contributed by atoms with Gasteiger partial charge >= 0.3 is 0 Å². The van der Waals surface area contributed by atoms with Gasteiger partial charge < -0.3 is 10.1 Å². The predicted octanol–water partition coefficient (Wildman–Crippen LogP) is 2.49. The number of hydrogen-bond donors (Lipinski definition) is 1. The normalized spacial score (nSPS) is 22.2. The third-order valence-electron chi connectivity index (χ3n) is 1.98. The van der Waals surface area contributed by atoms with Crippen LogP contribution in [0.15, 0.2) is 33.6 Å². The minimum absolute atomic E-state index is 0.393. The van der Waals surface area contributed by atoms with Crippen molar-refractivity contribution in [1.29, 1.82) is 0 Å². The van der Waals surface area contributed by atoms with Crippen LogP contribution in [-0.4, -0.2) is 25.1 Å². The quantitative estimate of drug-likeness (QED) is 0.895. The van der Waals surface area contributed by atoms with Gasteiger partial charge in [-0.25, -0.2) is 0 Å². The van der Waals surface area contributed by atoms with E-state index in [4.69, 9.17) is 4.74 Å². The Labute approximate surface area is 96.5 Å². The molecular formula is C10H12BrNOS. The first kappa shape index (κ1) is 10.5. The molecular weight excluding hydrogens is 262 g/mol. The van der Waals surface area contributed by atoms with Gasteiger partial charge in [0.15, 0.2) is 0 Å². The van der Waals surface area contributed by atoms with E-state index in [0.29, 0.717) is 5.37 Å². The Hall–Kier alpha value is -0.0300. The highest BCUT2D eigenvalue weighted by Gasteiger charge is 2.13. The van der Waals surface area contributed by atoms with E-state index in [-0.39, 0.29) is 0 Å². The molecule has 1 heterocycles. The molecule has 0 bridgehead atoms. The van der Waals surface area contributed by atoms with E-state index in [0.717, 1.165) is 24.2 Å². The fourth-order valence-electron chi connectivity index (χ4n) is 1.29. The maximum atomic E-state index is 5.39. The van der Waals surface area contributed by atoms with Crippen molar-refractivity contribution in [2.24, 2.45) is 0 Å². The first-order chi connectivity index (χ1) is 6.84. The van der Waals surface area contributed by atoms with Crippen LogP contribution in [0, 0.1) is 0 Å². The van der Waals surface area contributed by atoms with Gasteiger partial charge in [-0.05, 0) is 24.3 Å². The summed E-state index contributed by atoms with van der Waals surface area (Å²) in [6.45, 7) is 2.58. The maximum absolute atomic E-state index is 5.39. The van der Waals surface area contributed by atoms with E-state index in [2.05, 4.69) is 45.5 Å². The van der Waals surface area contributed by atoms with Gasteiger partial charge in [-0.1, -0.05) is 15.9 Å². The van der Waals surface area contributed by atoms with Crippen LogP contribution in [0.4, 0.5) is 0 Å². The molecule has 1 saturated heterocycles. The summed E-state index contributed by atoms with van der Waals surface area (Å²) >= 11 is 5.24. The maximum Gasteiger partial charge on any atom is 0.0817 e. The van der Waals surface area contributed by atoms with Gasteiger partial charge in [-0.3, -0.25) is 0 Å². The van der Waals surface area contributed by atoms with Crippen LogP contribution in [0.25, 0.3) is 0 Å². The average molecular weight is 274 g/mol. The highest BCUT2D eigenvalue weighted by atomic mass is 79.9. The average Bonchev–Trinajstić information content (AvgIpc) is 2.23. The summed E-state index contributed by atoms with van der Waals surface area (Å²) in [5.41, 5.74) is 0. The number of ether oxygens (including phenoxy) is 1. The van der Waals surface area contributed by atoms with E-state index in [1.807, 2.05) is 11.8 Å². The van der Waals surface area contributed by atoms with E-state index in [1.54, 1.807) is 0 Å². The van der Waals surface area contributed by atoms with Crippen molar-refractivity contribution < 1.29 is 4.74 Å². The molecule has 0 amide bonds. The van der Waals surface area contributed by atoms with Crippen molar-refractivity contribution >= 4 is 27.7 Å². The SMILES string of the molecule is Brc1ccc(SC2COCCN2)cc1. The van der Waals surface area contributed by atoms with Crippen molar-refractivity contribution in [2.75, 3.05) is 19.8 Å². The minimum atomic E-state index is 0.393. The monoisotopic (exact) mass is 273 g/mol. The Kier molecular flexibility index (Phi) is 3.87. The number of nitrogens with one attached hydrogen (secondary N) is 1. The summed E-state index contributed by atoms with van der Waals surface area (Å²) in [5, 5.41) is 3.80. The van der Waals surface area contributed by atoms with Crippen molar-refractivity contribution in [2.45, 2.75) is 10.3 Å². The minimum Gasteiger partial charge on any atom is -0.378 e. The molecule has 1 unspecified atom stereocenters. The lowest BCUT2D eigenvalue weighted by Crippen LogP contribution is -2.38. The first-order valence-electron chi connectivity index (χ1n) is 4.58. The van der Waals surface area contributed by atoms with Gasteiger partial charge in [-0.2, -0.15) is 0 Å². The Balaban J connectivity index is 1.92. The van der Waals surface area contributed by atoms with E-state index < -0.39 is 0 Å². The number of hydrogen-bond acceptors (Lipinski definition) is 3. The molecule has 2 rings (SSSR count). The van der Waals surface area contributed by atoms with Crippen molar-refractivity contribution in [3.8, 4) is 0 Å². The number of benzene rings is 1. The van der Waals surface area contributed by atoms with Gasteiger partial charge in [0.25, 0.3) is 0 Å². The van der Waals surface area contributed by atoms with Crippen LogP contribution in [0.5, 0.6) is 0 Å². The standard InChI is InChI=1S/C10H12BrNOS/c11-8-1-3-9(4-2-8)14-10-7-13-6-5-12-10/h1-4,10,12H,5-7H2. The van der Waals surface area contributed by atoms with Gasteiger partial charge in [0, 0.05) is 15.9 Å². The smallest absolute Gasteiger partial charge is 0.0817 e. The highest BCUT2D eigenvalue weighted by Crippen LogP contribution is 2.24. The molecule has 0 radical (unpaired) electrons. The molecule has 1 atom stereocenters. The molecule has 1 aliphatic heterocycles. The molecule has 14 heavy (non-hydrogen) atoms. The summed E-state index contributed by atoms with van der Waals surface area (Å²) in [7, 11) is 0. The number of rotatable bonds is 2. The Bertz CT molecular complexity index is 285. The molecule has 0 aliphatic carbocycles. The number of halogens is 1. The Morgan fingerprint density at radius 3 is 2.79 bits per heavy atom. The summed E-state index contributed by atoms with van der Waals surface area (Å²) < 4.78 is 6.51. The number of morpholine rings is 1. The summed E-state index contributed by atoms with van der Waals surface area (Å²) in [4.78, 5) is 1.27. The van der Waals surface area contributed by atoms with Crippen LogP contribution in [0.1, 0.15) is 0 Å². The molecule has 2 nitrogen and oxygen atoms in total. The third-order valence-corrected chi connectivity index (χ3v) is 3.64. The molecule has 1 fully saturated rings. The van der Waals surface area contributed by atoms with E-state index in [1.165, 1.54) is 4.90 Å². The fraction of sp³-hybridized carbons (Fsp3) is 0.400. The molecule has 1 aliphatic rings. The second-order valence-corrected chi connectivity index (χ2v) is 5.28. The van der Waals surface area contributed by atoms with Gasteiger partial charge in [0.1, 0.15) is 0 Å². The van der Waals surface area contributed by atoms with Crippen molar-refractivity contribution in [3.63, 3.8) is 0 Å². The van der Waals surface area contributed by atoms with Gasteiger partial charge in [-0.15, -0.1) is 11.8 Å². The molecule has 76 valence electrons. The predicted molar refractivity (Wildman–Crippen MR) is 62.6 cm³/mol. The van der Waals surface area contributed by atoms with Crippen molar-refractivity contribution in [3.05, 3.63) is 28.7 Å². The van der Waals surface area contributed by atoms with Crippen LogP contribution in [-0.2, 0) is 4.74 Å². The molecule has 1 N–H and O–H groups in total. The fourth-order valence-corrected chi connectivity index (χ4v) is 2.55. The second kappa shape index (κ2) is 5.16. The topological polar surface area (TPSA) is 21.3 Å². The summed E-state index contributed by atoms with van der Waals surface area (Å²) in [5.74, 6) is 0. The van der Waals surface area contributed by atoms with E-state index >= 15 is 0 Å². The molecule has 4 heteroatoms. The number of thioether (sulfide) groups is 1. The lowest BCUT2D eigenvalue weighted by Gasteiger charge is -2.23. The van der Waals surface area contributed by atoms with Crippen molar-refractivity contribution in [1.82, 2.24) is 5.32 Å². The molecule has 1 aromatic rings. The Morgan fingerprint density at radius 1 is 1.36 bits per heavy atom. The molecule has 1 aromatic carbocycles. The summed E-state index contributed by atoms with van der Waals surface area (Å²) in [6, 6.07) is 8.36. The second-order valence-electron chi connectivity index (χ2n) is 3.09. The molecule has 0 spiro atoms. The zero-order valence-electron chi connectivity index (χ0n) is 7.70. The van der Waals surface area contributed by atoms with Crippen LogP contribution < -0.4 is 5.32 Å². The molecule has 0 aromatic heterocycles. The zero-order valence-corrected chi connectivity index (χ0v) is 10.1. The summed E-state index contributed by atoms with van der Waals surface area (Å²) in [6.07, 6.45) is 0. The molecule has 0 saturated carbocycles. The largest absolute Gasteiger partial charge is 0.378 e. The van der Waals surface area contributed by atoms with Gasteiger partial charge in [0.2, 0.25) is 0 Å². The third kappa shape index (κ3) is 2.98.